The van der Waals surface area contributed by atoms with E-state index in [0.29, 0.717) is 24.7 Å². The molecule has 5 nitrogen and oxygen atoms in total. The van der Waals surface area contributed by atoms with Gasteiger partial charge < -0.3 is 20.3 Å². The van der Waals surface area contributed by atoms with Crippen LogP contribution in [0, 0.1) is 0 Å². The minimum atomic E-state index is 0.159. The number of piperidine rings is 1. The van der Waals surface area contributed by atoms with Crippen molar-refractivity contribution in [3.05, 3.63) is 0 Å². The van der Waals surface area contributed by atoms with Crippen LogP contribution in [0.4, 0.5) is 0 Å². The van der Waals surface area contributed by atoms with Crippen molar-refractivity contribution in [1.82, 2.24) is 15.5 Å². The van der Waals surface area contributed by atoms with E-state index in [4.69, 9.17) is 4.74 Å². The summed E-state index contributed by atoms with van der Waals surface area (Å²) < 4.78 is 6.13. The second-order valence-corrected chi connectivity index (χ2v) is 5.99. The molecule has 2 fully saturated rings. The predicted octanol–water partition coefficient (Wildman–Crippen LogP) is 0.744. The number of rotatable bonds is 7. The Balaban J connectivity index is 1.55. The van der Waals surface area contributed by atoms with Crippen molar-refractivity contribution in [3.63, 3.8) is 0 Å². The zero-order valence-corrected chi connectivity index (χ0v) is 12.9. The summed E-state index contributed by atoms with van der Waals surface area (Å²) in [6.07, 6.45) is 5.64. The lowest BCUT2D eigenvalue weighted by molar-refractivity contribution is -0.125. The van der Waals surface area contributed by atoms with Crippen molar-refractivity contribution < 1.29 is 9.53 Å². The van der Waals surface area contributed by atoms with Crippen LogP contribution in [0.25, 0.3) is 0 Å². The largest absolute Gasteiger partial charge is 0.375 e. The van der Waals surface area contributed by atoms with Crippen molar-refractivity contribution in [2.24, 2.45) is 0 Å². The second kappa shape index (κ2) is 7.96. The second-order valence-electron chi connectivity index (χ2n) is 5.99. The van der Waals surface area contributed by atoms with Crippen LogP contribution in [0.3, 0.4) is 0 Å². The van der Waals surface area contributed by atoms with E-state index in [1.54, 1.807) is 0 Å². The summed E-state index contributed by atoms with van der Waals surface area (Å²) in [5, 5.41) is 6.22. The molecule has 2 aliphatic rings. The fourth-order valence-corrected chi connectivity index (χ4v) is 2.94. The summed E-state index contributed by atoms with van der Waals surface area (Å²) in [5.41, 5.74) is 0. The highest BCUT2D eigenvalue weighted by atomic mass is 16.5. The van der Waals surface area contributed by atoms with Gasteiger partial charge in [0.25, 0.3) is 0 Å². The Kier molecular flexibility index (Phi) is 6.26. The highest BCUT2D eigenvalue weighted by molar-refractivity contribution is 5.75. The fourth-order valence-electron chi connectivity index (χ4n) is 2.94. The quantitative estimate of drug-likeness (QED) is 0.724. The molecular weight excluding hydrogens is 254 g/mol. The molecule has 2 rings (SSSR count). The van der Waals surface area contributed by atoms with E-state index < -0.39 is 0 Å². The Morgan fingerprint density at radius 1 is 1.25 bits per heavy atom. The number of nitrogens with one attached hydrogen (secondary N) is 2. The number of amides is 1. The maximum absolute atomic E-state index is 11.3. The number of carbonyl (C=O) groups excluding carboxylic acids is 1. The molecule has 5 heteroatoms. The van der Waals surface area contributed by atoms with Gasteiger partial charge in [0.15, 0.2) is 0 Å². The molecule has 0 unspecified atom stereocenters. The zero-order valence-electron chi connectivity index (χ0n) is 12.9. The number of likely N-dealkylation sites (tertiary alicyclic amines) is 1. The normalized spacial score (nSPS) is 28.1. The van der Waals surface area contributed by atoms with E-state index in [9.17, 15) is 4.79 Å². The van der Waals surface area contributed by atoms with Crippen LogP contribution in [-0.2, 0) is 9.53 Å². The minimum absolute atomic E-state index is 0.159. The summed E-state index contributed by atoms with van der Waals surface area (Å²) in [7, 11) is 2.00. The first-order valence-corrected chi connectivity index (χ1v) is 8.03. The number of hydrogen-bond acceptors (Lipinski definition) is 4. The van der Waals surface area contributed by atoms with Crippen LogP contribution >= 0.6 is 0 Å². The average Bonchev–Trinajstić information content (AvgIpc) is 2.43. The molecule has 1 amide bonds. The van der Waals surface area contributed by atoms with Gasteiger partial charge in [0.1, 0.15) is 0 Å². The third-order valence-electron chi connectivity index (χ3n) is 4.38. The Bertz CT molecular complexity index is 297. The molecule has 0 atom stereocenters. The fraction of sp³-hybridized carbons (Fsp3) is 0.933. The SMILES string of the molecule is CCC(=O)NC1CC(OC2CCN(CCNC)CC2)C1. The van der Waals surface area contributed by atoms with Gasteiger partial charge in [-0.25, -0.2) is 0 Å². The maximum Gasteiger partial charge on any atom is 0.219 e. The highest BCUT2D eigenvalue weighted by Gasteiger charge is 2.33. The number of nitrogens with zero attached hydrogens (tertiary/aromatic N) is 1. The summed E-state index contributed by atoms with van der Waals surface area (Å²) >= 11 is 0. The van der Waals surface area contributed by atoms with Crippen molar-refractivity contribution in [2.75, 3.05) is 33.2 Å². The molecule has 1 heterocycles. The average molecular weight is 283 g/mol. The third kappa shape index (κ3) is 4.72. The van der Waals surface area contributed by atoms with Crippen LogP contribution in [0.15, 0.2) is 0 Å². The molecule has 0 bridgehead atoms. The Labute approximate surface area is 122 Å². The topological polar surface area (TPSA) is 53.6 Å². The van der Waals surface area contributed by atoms with Crippen molar-refractivity contribution in [2.45, 2.75) is 57.3 Å². The van der Waals surface area contributed by atoms with Gasteiger partial charge in [0, 0.05) is 38.6 Å². The molecule has 1 saturated carbocycles. The molecule has 0 aromatic heterocycles. The van der Waals surface area contributed by atoms with E-state index >= 15 is 0 Å². The summed E-state index contributed by atoms with van der Waals surface area (Å²) in [4.78, 5) is 13.8. The Morgan fingerprint density at radius 3 is 2.55 bits per heavy atom. The minimum Gasteiger partial charge on any atom is -0.375 e. The Morgan fingerprint density at radius 2 is 1.95 bits per heavy atom. The number of carbonyl (C=O) groups is 1. The van der Waals surface area contributed by atoms with Crippen molar-refractivity contribution >= 4 is 5.91 Å². The predicted molar refractivity (Wildman–Crippen MR) is 79.7 cm³/mol. The van der Waals surface area contributed by atoms with Gasteiger partial charge in [-0.1, -0.05) is 6.92 Å². The van der Waals surface area contributed by atoms with Crippen LogP contribution in [0.5, 0.6) is 0 Å². The van der Waals surface area contributed by atoms with Crippen LogP contribution in [0.2, 0.25) is 0 Å². The van der Waals surface area contributed by atoms with Crippen LogP contribution < -0.4 is 10.6 Å². The first kappa shape index (κ1) is 15.7. The lowest BCUT2D eigenvalue weighted by atomic mass is 9.88. The lowest BCUT2D eigenvalue weighted by Gasteiger charge is -2.40. The molecule has 1 aliphatic carbocycles. The van der Waals surface area contributed by atoms with E-state index in [0.717, 1.165) is 51.9 Å². The van der Waals surface area contributed by atoms with Gasteiger partial charge in [-0.3, -0.25) is 4.79 Å². The van der Waals surface area contributed by atoms with Crippen LogP contribution in [0.1, 0.15) is 39.0 Å². The van der Waals surface area contributed by atoms with Gasteiger partial charge in [-0.2, -0.15) is 0 Å². The molecule has 0 aromatic carbocycles. The number of likely N-dealkylation sites (N-methyl/N-ethyl adjacent to an activating group) is 1. The highest BCUT2D eigenvalue weighted by Crippen LogP contribution is 2.27. The summed E-state index contributed by atoms with van der Waals surface area (Å²) in [6, 6.07) is 0.350. The molecule has 1 aliphatic heterocycles. The van der Waals surface area contributed by atoms with Gasteiger partial charge in [0.05, 0.1) is 12.2 Å². The standard InChI is InChI=1S/C15H29N3O2/c1-3-15(19)17-12-10-14(11-12)20-13-4-7-18(8-5-13)9-6-16-2/h12-14,16H,3-11H2,1-2H3,(H,17,19). The van der Waals surface area contributed by atoms with Crippen molar-refractivity contribution in [1.29, 1.82) is 0 Å². The summed E-state index contributed by atoms with van der Waals surface area (Å²) in [5.74, 6) is 0.159. The zero-order chi connectivity index (χ0) is 14.4. The maximum atomic E-state index is 11.3. The molecule has 0 spiro atoms. The lowest BCUT2D eigenvalue weighted by Crippen LogP contribution is -2.49. The molecule has 116 valence electrons. The molecule has 2 N–H and O–H groups in total. The molecule has 0 aromatic rings. The smallest absolute Gasteiger partial charge is 0.219 e. The molecule has 0 radical (unpaired) electrons. The summed E-state index contributed by atoms with van der Waals surface area (Å²) in [6.45, 7) is 6.39. The van der Waals surface area contributed by atoms with E-state index in [-0.39, 0.29) is 5.91 Å². The van der Waals surface area contributed by atoms with Gasteiger partial charge in [0.2, 0.25) is 5.91 Å². The van der Waals surface area contributed by atoms with Gasteiger partial charge in [-0.15, -0.1) is 0 Å². The molecular formula is C15H29N3O2. The molecule has 20 heavy (non-hydrogen) atoms. The number of ether oxygens (including phenoxy) is 1. The van der Waals surface area contributed by atoms with Crippen LogP contribution in [-0.4, -0.2) is 62.3 Å². The molecule has 1 saturated heterocycles. The number of hydrogen-bond donors (Lipinski definition) is 2. The third-order valence-corrected chi connectivity index (χ3v) is 4.38. The van der Waals surface area contributed by atoms with E-state index in [1.165, 1.54) is 0 Å². The first-order valence-electron chi connectivity index (χ1n) is 8.03. The van der Waals surface area contributed by atoms with E-state index in [1.807, 2.05) is 14.0 Å². The van der Waals surface area contributed by atoms with Gasteiger partial charge in [-0.05, 0) is 32.7 Å². The van der Waals surface area contributed by atoms with Gasteiger partial charge >= 0.3 is 0 Å². The van der Waals surface area contributed by atoms with Crippen molar-refractivity contribution in [3.8, 4) is 0 Å². The first-order chi connectivity index (χ1) is 9.71. The van der Waals surface area contributed by atoms with E-state index in [2.05, 4.69) is 15.5 Å². The monoisotopic (exact) mass is 283 g/mol. The Hall–Kier alpha value is -0.650.